The highest BCUT2D eigenvalue weighted by Gasteiger charge is 2.41. The molecular weight excluding hydrogens is 238 g/mol. The molecule has 0 bridgehead atoms. The van der Waals surface area contributed by atoms with Crippen LogP contribution in [0, 0.1) is 0 Å². The van der Waals surface area contributed by atoms with Gasteiger partial charge in [0, 0.05) is 43.0 Å². The summed E-state index contributed by atoms with van der Waals surface area (Å²) < 4.78 is 5.44. The van der Waals surface area contributed by atoms with Crippen LogP contribution in [0.15, 0.2) is 12.3 Å². The first kappa shape index (κ1) is 13.0. The molecule has 1 aliphatic carbocycles. The summed E-state index contributed by atoms with van der Waals surface area (Å²) in [4.78, 5) is 9.47. The predicted octanol–water partition coefficient (Wildman–Crippen LogP) is 2.01. The second-order valence-electron chi connectivity index (χ2n) is 5.86. The average Bonchev–Trinajstić information content (AvgIpc) is 2.44. The molecule has 1 aliphatic heterocycles. The molecule has 2 heterocycles. The van der Waals surface area contributed by atoms with Crippen molar-refractivity contribution in [2.45, 2.75) is 43.4 Å². The van der Waals surface area contributed by atoms with Crippen LogP contribution in [0.1, 0.15) is 49.5 Å². The zero-order chi connectivity index (χ0) is 13.1. The van der Waals surface area contributed by atoms with Gasteiger partial charge >= 0.3 is 0 Å². The second-order valence-corrected chi connectivity index (χ2v) is 5.86. The van der Waals surface area contributed by atoms with Crippen molar-refractivity contribution in [1.29, 1.82) is 0 Å². The van der Waals surface area contributed by atoms with Crippen molar-refractivity contribution in [3.8, 4) is 0 Å². The molecule has 0 atom stereocenters. The third-order valence-corrected chi connectivity index (χ3v) is 4.62. The Hall–Kier alpha value is -1.00. The Bertz CT molecular complexity index is 425. The smallest absolute Gasteiger partial charge is 0.135 e. The van der Waals surface area contributed by atoms with Crippen molar-refractivity contribution in [2.75, 3.05) is 26.8 Å². The summed E-state index contributed by atoms with van der Waals surface area (Å²) in [6.07, 6.45) is 7.86. The zero-order valence-electron chi connectivity index (χ0n) is 11.7. The van der Waals surface area contributed by atoms with Gasteiger partial charge in [-0.15, -0.1) is 0 Å². The van der Waals surface area contributed by atoms with E-state index in [2.05, 4.69) is 16.4 Å². The van der Waals surface area contributed by atoms with E-state index < -0.39 is 0 Å². The molecular formula is C15H23N3O. The van der Waals surface area contributed by atoms with Crippen LogP contribution in [-0.2, 0) is 10.2 Å². The van der Waals surface area contributed by atoms with Crippen LogP contribution >= 0.6 is 0 Å². The lowest BCUT2D eigenvalue weighted by molar-refractivity contribution is 0.0842. The summed E-state index contributed by atoms with van der Waals surface area (Å²) in [5.74, 6) is 1.61. The Balaban J connectivity index is 1.82. The average molecular weight is 261 g/mol. The van der Waals surface area contributed by atoms with Crippen molar-refractivity contribution in [2.24, 2.45) is 0 Å². The molecule has 1 aromatic heterocycles. The highest BCUT2D eigenvalue weighted by atomic mass is 16.5. The fraction of sp³-hybridized carbons (Fsp3) is 0.733. The normalized spacial score (nSPS) is 23.0. The SMILES string of the molecule is CNCC1(c2nccc(C3CCOCC3)n2)CCC1. The highest BCUT2D eigenvalue weighted by molar-refractivity contribution is 5.18. The fourth-order valence-electron chi connectivity index (χ4n) is 3.27. The van der Waals surface area contributed by atoms with E-state index >= 15 is 0 Å². The van der Waals surface area contributed by atoms with Crippen LogP contribution < -0.4 is 5.32 Å². The molecule has 104 valence electrons. The van der Waals surface area contributed by atoms with Crippen molar-refractivity contribution in [3.63, 3.8) is 0 Å². The van der Waals surface area contributed by atoms with Crippen LogP contribution in [0.25, 0.3) is 0 Å². The molecule has 1 saturated carbocycles. The first-order chi connectivity index (χ1) is 9.34. The van der Waals surface area contributed by atoms with E-state index in [1.54, 1.807) is 0 Å². The largest absolute Gasteiger partial charge is 0.381 e. The number of hydrogen-bond acceptors (Lipinski definition) is 4. The molecule has 2 fully saturated rings. The topological polar surface area (TPSA) is 47.0 Å². The third kappa shape index (κ3) is 2.51. The minimum absolute atomic E-state index is 0.190. The van der Waals surface area contributed by atoms with E-state index in [0.29, 0.717) is 5.92 Å². The molecule has 1 aromatic rings. The first-order valence-corrected chi connectivity index (χ1v) is 7.40. The van der Waals surface area contributed by atoms with E-state index in [4.69, 9.17) is 9.72 Å². The van der Waals surface area contributed by atoms with E-state index in [1.807, 2.05) is 13.2 Å². The summed E-state index contributed by atoms with van der Waals surface area (Å²) in [5, 5.41) is 3.31. The van der Waals surface area contributed by atoms with Gasteiger partial charge in [0.25, 0.3) is 0 Å². The van der Waals surface area contributed by atoms with Gasteiger partial charge < -0.3 is 10.1 Å². The predicted molar refractivity (Wildman–Crippen MR) is 74.3 cm³/mol. The summed E-state index contributed by atoms with van der Waals surface area (Å²) in [5.41, 5.74) is 1.41. The molecule has 4 heteroatoms. The molecule has 4 nitrogen and oxygen atoms in total. The Kier molecular flexibility index (Phi) is 3.80. The molecule has 0 amide bonds. The maximum Gasteiger partial charge on any atom is 0.135 e. The van der Waals surface area contributed by atoms with Gasteiger partial charge in [-0.3, -0.25) is 0 Å². The van der Waals surface area contributed by atoms with Crippen LogP contribution in [0.3, 0.4) is 0 Å². The van der Waals surface area contributed by atoms with Crippen molar-refractivity contribution < 1.29 is 4.74 Å². The number of aromatic nitrogens is 2. The van der Waals surface area contributed by atoms with Gasteiger partial charge in [0.15, 0.2) is 0 Å². The molecule has 0 unspecified atom stereocenters. The maximum atomic E-state index is 5.44. The number of ether oxygens (including phenoxy) is 1. The van der Waals surface area contributed by atoms with E-state index in [0.717, 1.165) is 38.4 Å². The lowest BCUT2D eigenvalue weighted by atomic mass is 9.68. The fourth-order valence-corrected chi connectivity index (χ4v) is 3.27. The van der Waals surface area contributed by atoms with Gasteiger partial charge in [0.1, 0.15) is 5.82 Å². The second kappa shape index (κ2) is 5.55. The molecule has 0 spiro atoms. The summed E-state index contributed by atoms with van der Waals surface area (Å²) in [6.45, 7) is 2.72. The van der Waals surface area contributed by atoms with Crippen molar-refractivity contribution in [3.05, 3.63) is 23.8 Å². The van der Waals surface area contributed by atoms with Crippen molar-refractivity contribution >= 4 is 0 Å². The van der Waals surface area contributed by atoms with Gasteiger partial charge in [-0.1, -0.05) is 6.42 Å². The van der Waals surface area contributed by atoms with Crippen LogP contribution in [-0.4, -0.2) is 36.8 Å². The van der Waals surface area contributed by atoms with Crippen molar-refractivity contribution in [1.82, 2.24) is 15.3 Å². The lowest BCUT2D eigenvalue weighted by Gasteiger charge is -2.40. The minimum atomic E-state index is 0.190. The van der Waals surface area contributed by atoms with Crippen LogP contribution in [0.4, 0.5) is 0 Å². The van der Waals surface area contributed by atoms with E-state index in [1.165, 1.54) is 25.0 Å². The number of nitrogens with one attached hydrogen (secondary N) is 1. The van der Waals surface area contributed by atoms with E-state index in [-0.39, 0.29) is 5.41 Å². The van der Waals surface area contributed by atoms with Gasteiger partial charge in [-0.25, -0.2) is 9.97 Å². The molecule has 0 radical (unpaired) electrons. The lowest BCUT2D eigenvalue weighted by Crippen LogP contribution is -2.44. The quantitative estimate of drug-likeness (QED) is 0.900. The van der Waals surface area contributed by atoms with Gasteiger partial charge in [0.05, 0.1) is 0 Å². The van der Waals surface area contributed by atoms with E-state index in [9.17, 15) is 0 Å². The van der Waals surface area contributed by atoms with Gasteiger partial charge in [-0.05, 0) is 38.8 Å². The Morgan fingerprint density at radius 3 is 2.79 bits per heavy atom. The Morgan fingerprint density at radius 1 is 1.37 bits per heavy atom. The molecule has 0 aromatic carbocycles. The number of rotatable bonds is 4. The number of likely N-dealkylation sites (N-methyl/N-ethyl adjacent to an activating group) is 1. The first-order valence-electron chi connectivity index (χ1n) is 7.40. The van der Waals surface area contributed by atoms with Crippen LogP contribution in [0.2, 0.25) is 0 Å². The van der Waals surface area contributed by atoms with Gasteiger partial charge in [-0.2, -0.15) is 0 Å². The number of nitrogens with zero attached hydrogens (tertiary/aromatic N) is 2. The Labute approximate surface area is 115 Å². The van der Waals surface area contributed by atoms with Crippen LogP contribution in [0.5, 0.6) is 0 Å². The molecule has 19 heavy (non-hydrogen) atoms. The molecule has 1 saturated heterocycles. The number of hydrogen-bond donors (Lipinski definition) is 1. The highest BCUT2D eigenvalue weighted by Crippen LogP contribution is 2.41. The minimum Gasteiger partial charge on any atom is -0.381 e. The summed E-state index contributed by atoms with van der Waals surface area (Å²) in [7, 11) is 2.02. The zero-order valence-corrected chi connectivity index (χ0v) is 11.7. The molecule has 2 aliphatic rings. The standard InChI is InChI=1S/C15H23N3O/c1-16-11-15(6-2-7-15)14-17-8-3-13(18-14)12-4-9-19-10-5-12/h3,8,12,16H,2,4-7,9-11H2,1H3. The monoisotopic (exact) mass is 261 g/mol. The Morgan fingerprint density at radius 2 is 2.16 bits per heavy atom. The molecule has 3 rings (SSSR count). The van der Waals surface area contributed by atoms with Gasteiger partial charge in [0.2, 0.25) is 0 Å². The summed E-state index contributed by atoms with van der Waals surface area (Å²) in [6, 6.07) is 2.09. The summed E-state index contributed by atoms with van der Waals surface area (Å²) >= 11 is 0. The third-order valence-electron chi connectivity index (χ3n) is 4.62. The maximum absolute atomic E-state index is 5.44. The molecule has 1 N–H and O–H groups in total.